The lowest BCUT2D eigenvalue weighted by Crippen LogP contribution is -2.08. The normalized spacial score (nSPS) is 16.8. The van der Waals surface area contributed by atoms with Crippen LogP contribution in [0.4, 0.5) is 0 Å². The molecule has 0 spiro atoms. The van der Waals surface area contributed by atoms with Crippen molar-refractivity contribution in [3.8, 4) is 11.3 Å². The maximum absolute atomic E-state index is 5.25. The van der Waals surface area contributed by atoms with Crippen LogP contribution in [0.15, 0.2) is 16.8 Å². The second kappa shape index (κ2) is 4.02. The summed E-state index contributed by atoms with van der Waals surface area (Å²) in [7, 11) is 0. The highest BCUT2D eigenvalue weighted by atomic mass is 16.5. The van der Waals surface area contributed by atoms with E-state index in [4.69, 9.17) is 4.52 Å². The van der Waals surface area contributed by atoms with E-state index >= 15 is 0 Å². The third kappa shape index (κ3) is 1.68. The molecular formula is C13H17N3O. The molecule has 0 amide bonds. The molecule has 1 fully saturated rings. The Morgan fingerprint density at radius 3 is 2.71 bits per heavy atom. The first-order valence-electron chi connectivity index (χ1n) is 6.24. The van der Waals surface area contributed by atoms with Gasteiger partial charge in [0.1, 0.15) is 5.76 Å². The topological polar surface area (TPSA) is 43.9 Å². The van der Waals surface area contributed by atoms with Gasteiger partial charge in [0.25, 0.3) is 0 Å². The number of aromatic nitrogens is 3. The molecule has 0 atom stereocenters. The van der Waals surface area contributed by atoms with Gasteiger partial charge in [0.15, 0.2) is 0 Å². The van der Waals surface area contributed by atoms with Crippen LogP contribution >= 0.6 is 0 Å². The zero-order chi connectivity index (χ0) is 11.8. The fraction of sp³-hybridized carbons (Fsp3) is 0.538. The van der Waals surface area contributed by atoms with E-state index < -0.39 is 0 Å². The third-order valence-corrected chi connectivity index (χ3v) is 3.63. The molecule has 0 unspecified atom stereocenters. The van der Waals surface area contributed by atoms with Gasteiger partial charge in [0, 0.05) is 6.20 Å². The van der Waals surface area contributed by atoms with E-state index in [1.165, 1.54) is 25.7 Å². The Balaban J connectivity index is 2.06. The van der Waals surface area contributed by atoms with Crippen LogP contribution in [0.3, 0.4) is 0 Å². The quantitative estimate of drug-likeness (QED) is 0.796. The van der Waals surface area contributed by atoms with E-state index in [9.17, 15) is 0 Å². The summed E-state index contributed by atoms with van der Waals surface area (Å²) in [6, 6.07) is 2.61. The van der Waals surface area contributed by atoms with Gasteiger partial charge in [0.05, 0.1) is 23.0 Å². The highest BCUT2D eigenvalue weighted by molar-refractivity contribution is 5.64. The smallest absolute Gasteiger partial charge is 0.143 e. The summed E-state index contributed by atoms with van der Waals surface area (Å²) in [4.78, 5) is 0. The van der Waals surface area contributed by atoms with E-state index in [1.807, 2.05) is 20.0 Å². The molecule has 3 rings (SSSR count). The number of aryl methyl sites for hydroxylation is 2. The van der Waals surface area contributed by atoms with E-state index in [-0.39, 0.29) is 0 Å². The van der Waals surface area contributed by atoms with Gasteiger partial charge < -0.3 is 4.52 Å². The van der Waals surface area contributed by atoms with Crippen molar-refractivity contribution in [2.75, 3.05) is 0 Å². The first-order valence-corrected chi connectivity index (χ1v) is 6.24. The van der Waals surface area contributed by atoms with Crippen molar-refractivity contribution in [3.63, 3.8) is 0 Å². The molecule has 4 heteroatoms. The summed E-state index contributed by atoms with van der Waals surface area (Å²) >= 11 is 0. The molecule has 0 radical (unpaired) electrons. The molecule has 1 saturated carbocycles. The second-order valence-electron chi connectivity index (χ2n) is 4.80. The predicted molar refractivity (Wildman–Crippen MR) is 64.7 cm³/mol. The monoisotopic (exact) mass is 231 g/mol. The largest absolute Gasteiger partial charge is 0.361 e. The Hall–Kier alpha value is -1.58. The van der Waals surface area contributed by atoms with Crippen molar-refractivity contribution >= 4 is 0 Å². The molecule has 0 saturated heterocycles. The predicted octanol–water partition coefficient (Wildman–Crippen LogP) is 3.27. The minimum atomic E-state index is 0.550. The molecule has 17 heavy (non-hydrogen) atoms. The highest BCUT2D eigenvalue weighted by Gasteiger charge is 2.23. The maximum atomic E-state index is 5.25. The lowest BCUT2D eigenvalue weighted by Gasteiger charge is -2.13. The molecule has 0 N–H and O–H groups in total. The standard InChI is InChI=1S/C13H17N3O/c1-9-13(10(2)17-15-9)12-7-8-14-16(12)11-5-3-4-6-11/h7-8,11H,3-6H2,1-2H3. The number of hydrogen-bond donors (Lipinski definition) is 0. The van der Waals surface area contributed by atoms with Crippen LogP contribution in [0.1, 0.15) is 43.2 Å². The first kappa shape index (κ1) is 10.6. The fourth-order valence-electron chi connectivity index (χ4n) is 2.80. The highest BCUT2D eigenvalue weighted by Crippen LogP contribution is 2.34. The molecule has 1 aliphatic rings. The average Bonchev–Trinajstić information content (AvgIpc) is 2.98. The Kier molecular flexibility index (Phi) is 2.50. The SMILES string of the molecule is Cc1noc(C)c1-c1ccnn1C1CCCC1. The Bertz CT molecular complexity index is 501. The minimum absolute atomic E-state index is 0.550. The molecule has 2 heterocycles. The summed E-state index contributed by atoms with van der Waals surface area (Å²) in [6.45, 7) is 3.94. The fourth-order valence-corrected chi connectivity index (χ4v) is 2.80. The third-order valence-electron chi connectivity index (χ3n) is 3.63. The zero-order valence-corrected chi connectivity index (χ0v) is 10.3. The number of nitrogens with zero attached hydrogens (tertiary/aromatic N) is 3. The van der Waals surface area contributed by atoms with E-state index in [0.717, 1.165) is 22.7 Å². The van der Waals surface area contributed by atoms with Crippen molar-refractivity contribution in [1.29, 1.82) is 0 Å². The molecular weight excluding hydrogens is 214 g/mol. The summed E-state index contributed by atoms with van der Waals surface area (Å²) in [5.41, 5.74) is 3.20. The maximum Gasteiger partial charge on any atom is 0.143 e. The van der Waals surface area contributed by atoms with Crippen LogP contribution in [0.25, 0.3) is 11.3 Å². The van der Waals surface area contributed by atoms with Crippen LogP contribution in [-0.4, -0.2) is 14.9 Å². The molecule has 4 nitrogen and oxygen atoms in total. The Morgan fingerprint density at radius 1 is 1.29 bits per heavy atom. The number of hydrogen-bond acceptors (Lipinski definition) is 3. The average molecular weight is 231 g/mol. The van der Waals surface area contributed by atoms with Gasteiger partial charge in [0.2, 0.25) is 0 Å². The van der Waals surface area contributed by atoms with Crippen molar-refractivity contribution in [2.24, 2.45) is 0 Å². The van der Waals surface area contributed by atoms with Gasteiger partial charge >= 0.3 is 0 Å². The molecule has 2 aromatic heterocycles. The van der Waals surface area contributed by atoms with E-state index in [2.05, 4.69) is 21.0 Å². The molecule has 2 aromatic rings. The van der Waals surface area contributed by atoms with Crippen LogP contribution in [0, 0.1) is 13.8 Å². The minimum Gasteiger partial charge on any atom is -0.361 e. The molecule has 0 bridgehead atoms. The van der Waals surface area contributed by atoms with Crippen molar-refractivity contribution in [2.45, 2.75) is 45.6 Å². The van der Waals surface area contributed by atoms with E-state index in [1.54, 1.807) is 0 Å². The van der Waals surface area contributed by atoms with Gasteiger partial charge in [-0.2, -0.15) is 5.10 Å². The number of rotatable bonds is 2. The zero-order valence-electron chi connectivity index (χ0n) is 10.3. The van der Waals surface area contributed by atoms with Crippen molar-refractivity contribution < 1.29 is 4.52 Å². The molecule has 1 aliphatic carbocycles. The summed E-state index contributed by atoms with van der Waals surface area (Å²) < 4.78 is 7.40. The van der Waals surface area contributed by atoms with Crippen LogP contribution in [0.5, 0.6) is 0 Å². The summed E-state index contributed by atoms with van der Waals surface area (Å²) in [5.74, 6) is 0.877. The molecule has 0 aliphatic heterocycles. The lowest BCUT2D eigenvalue weighted by molar-refractivity contribution is 0.393. The van der Waals surface area contributed by atoms with Gasteiger partial charge in [-0.15, -0.1) is 0 Å². The summed E-state index contributed by atoms with van der Waals surface area (Å²) in [5, 5.41) is 8.51. The molecule has 0 aromatic carbocycles. The van der Waals surface area contributed by atoms with Gasteiger partial charge in [-0.1, -0.05) is 18.0 Å². The van der Waals surface area contributed by atoms with Crippen molar-refractivity contribution in [3.05, 3.63) is 23.7 Å². The van der Waals surface area contributed by atoms with Gasteiger partial charge in [-0.05, 0) is 32.8 Å². The first-order chi connectivity index (χ1) is 8.27. The van der Waals surface area contributed by atoms with Crippen LogP contribution in [0.2, 0.25) is 0 Å². The summed E-state index contributed by atoms with van der Waals surface area (Å²) in [6.07, 6.45) is 6.97. The van der Waals surface area contributed by atoms with Crippen LogP contribution in [-0.2, 0) is 0 Å². The Morgan fingerprint density at radius 2 is 2.06 bits per heavy atom. The second-order valence-corrected chi connectivity index (χ2v) is 4.80. The van der Waals surface area contributed by atoms with E-state index in [0.29, 0.717) is 6.04 Å². The molecule has 90 valence electrons. The Labute approximate surface area is 101 Å². The van der Waals surface area contributed by atoms with Crippen LogP contribution < -0.4 is 0 Å². The van der Waals surface area contributed by atoms with Gasteiger partial charge in [-0.3, -0.25) is 4.68 Å². The lowest BCUT2D eigenvalue weighted by atomic mass is 10.1. The van der Waals surface area contributed by atoms with Gasteiger partial charge in [-0.25, -0.2) is 0 Å². The van der Waals surface area contributed by atoms with Crippen molar-refractivity contribution in [1.82, 2.24) is 14.9 Å².